The topological polar surface area (TPSA) is 99.5 Å². The number of nitrogens with one attached hydrogen (secondary N) is 1. The number of fused-ring (bicyclic) bond motifs is 1. The minimum atomic E-state index is -0.865. The van der Waals surface area contributed by atoms with Crippen molar-refractivity contribution in [3.05, 3.63) is 86.2 Å². The average molecular weight is 526 g/mol. The second kappa shape index (κ2) is 10.9. The number of ether oxygens (including phenoxy) is 2. The van der Waals surface area contributed by atoms with Crippen molar-refractivity contribution in [3.63, 3.8) is 0 Å². The van der Waals surface area contributed by atoms with Crippen molar-refractivity contribution in [2.24, 2.45) is 0 Å². The van der Waals surface area contributed by atoms with Crippen molar-refractivity contribution in [3.8, 4) is 5.75 Å². The molecular weight excluding hydrogens is 502 g/mol. The summed E-state index contributed by atoms with van der Waals surface area (Å²) >= 11 is 7.23. The van der Waals surface area contributed by atoms with Crippen LogP contribution in [-0.2, 0) is 16.0 Å². The number of hydrogen-bond donors (Lipinski definition) is 1. The first kappa shape index (κ1) is 25.4. The fourth-order valence-corrected chi connectivity index (χ4v) is 4.99. The van der Waals surface area contributed by atoms with Gasteiger partial charge in [-0.25, -0.2) is 9.78 Å². The van der Waals surface area contributed by atoms with Gasteiger partial charge in [-0.2, -0.15) is 0 Å². The van der Waals surface area contributed by atoms with Gasteiger partial charge in [-0.05, 0) is 43.2 Å². The van der Waals surface area contributed by atoms with Gasteiger partial charge >= 0.3 is 5.97 Å². The van der Waals surface area contributed by atoms with Crippen molar-refractivity contribution < 1.29 is 19.1 Å². The van der Waals surface area contributed by atoms with Crippen molar-refractivity contribution in [1.82, 2.24) is 9.55 Å². The minimum Gasteiger partial charge on any atom is -0.495 e. The molecule has 10 heteroatoms. The Bertz CT molecular complexity index is 1480. The fraction of sp³-hybridized carbons (Fsp3) is 0.231. The molecule has 1 atom stereocenters. The molecule has 0 spiro atoms. The molecule has 4 rings (SSSR count). The number of methoxy groups -OCH3 is 1. The maximum absolute atomic E-state index is 13.3. The molecule has 4 aromatic rings. The molecule has 0 aliphatic rings. The molecule has 2 heterocycles. The minimum absolute atomic E-state index is 0.223. The first-order chi connectivity index (χ1) is 17.3. The van der Waals surface area contributed by atoms with E-state index in [0.717, 1.165) is 16.9 Å². The van der Waals surface area contributed by atoms with Crippen LogP contribution in [0, 0.1) is 6.92 Å². The number of carbonyl (C=O) groups excluding carboxylic acids is 2. The van der Waals surface area contributed by atoms with E-state index in [9.17, 15) is 14.4 Å². The summed E-state index contributed by atoms with van der Waals surface area (Å²) in [4.78, 5) is 43.9. The number of thiophene rings is 1. The molecule has 8 nitrogen and oxygen atoms in total. The molecule has 1 unspecified atom stereocenters. The Hall–Kier alpha value is -3.69. The van der Waals surface area contributed by atoms with Gasteiger partial charge in [-0.1, -0.05) is 41.9 Å². The molecule has 0 radical (unpaired) electrons. The van der Waals surface area contributed by atoms with Gasteiger partial charge in [0, 0.05) is 12.1 Å². The summed E-state index contributed by atoms with van der Waals surface area (Å²) in [5, 5.41) is 3.39. The molecule has 0 aliphatic carbocycles. The lowest BCUT2D eigenvalue weighted by molar-refractivity contribution is -0.118. The lowest BCUT2D eigenvalue weighted by Gasteiger charge is -2.15. The maximum Gasteiger partial charge on any atom is 0.348 e. The Labute approximate surface area is 216 Å². The van der Waals surface area contributed by atoms with E-state index in [1.165, 1.54) is 18.0 Å². The first-order valence-electron chi connectivity index (χ1n) is 11.2. The second-order valence-corrected chi connectivity index (χ2v) is 9.49. The predicted molar refractivity (Wildman–Crippen MR) is 140 cm³/mol. The molecule has 2 aromatic heterocycles. The zero-order chi connectivity index (χ0) is 25.8. The van der Waals surface area contributed by atoms with Crippen LogP contribution in [0.1, 0.15) is 33.8 Å². The third-order valence-electron chi connectivity index (χ3n) is 5.74. The standard InChI is InChI=1S/C26H24ClN3O5S/c1-15-21-24(36-22(15)26(33)35-12-11-17-7-5-4-6-8-17)28-14-30(25(21)32)16(2)23(31)29-18-9-10-20(34-3)19(27)13-18/h4-10,13-14,16H,11-12H2,1-3H3,(H,29,31). The van der Waals surface area contributed by atoms with E-state index >= 15 is 0 Å². The zero-order valence-electron chi connectivity index (χ0n) is 19.9. The Kier molecular flexibility index (Phi) is 7.71. The summed E-state index contributed by atoms with van der Waals surface area (Å²) in [5.74, 6) is -0.441. The molecule has 2 aromatic carbocycles. The van der Waals surface area contributed by atoms with Crippen molar-refractivity contribution >= 4 is 50.7 Å². The number of carbonyl (C=O) groups is 2. The van der Waals surface area contributed by atoms with Crippen LogP contribution in [-0.4, -0.2) is 35.1 Å². The Morgan fingerprint density at radius 2 is 1.94 bits per heavy atom. The second-order valence-electron chi connectivity index (χ2n) is 8.08. The number of rotatable bonds is 8. The van der Waals surface area contributed by atoms with Gasteiger partial charge in [0.1, 0.15) is 21.5 Å². The third-order valence-corrected chi connectivity index (χ3v) is 7.22. The summed E-state index contributed by atoms with van der Waals surface area (Å²) in [7, 11) is 1.50. The van der Waals surface area contributed by atoms with Gasteiger partial charge in [0.15, 0.2) is 0 Å². The summed E-state index contributed by atoms with van der Waals surface area (Å²) in [6, 6.07) is 13.7. The molecular formula is C26H24ClN3O5S. The number of hydrogen-bond acceptors (Lipinski definition) is 7. The van der Waals surface area contributed by atoms with Crippen LogP contribution in [0.2, 0.25) is 5.02 Å². The number of amides is 1. The summed E-state index contributed by atoms with van der Waals surface area (Å²) in [6.07, 6.45) is 1.91. The molecule has 0 aliphatic heterocycles. The molecule has 0 bridgehead atoms. The van der Waals surface area contributed by atoms with Crippen LogP contribution in [0.3, 0.4) is 0 Å². The van der Waals surface area contributed by atoms with E-state index in [1.54, 1.807) is 32.0 Å². The summed E-state index contributed by atoms with van der Waals surface area (Å²) in [6.45, 7) is 3.50. The van der Waals surface area contributed by atoms with Gasteiger partial charge in [0.25, 0.3) is 5.56 Å². The summed E-state index contributed by atoms with van der Waals surface area (Å²) in [5.41, 5.74) is 1.60. The predicted octanol–water partition coefficient (Wildman–Crippen LogP) is 5.03. The Balaban J connectivity index is 1.51. The number of aryl methyl sites for hydroxylation is 1. The SMILES string of the molecule is COc1ccc(NC(=O)C(C)n2cnc3sc(C(=O)OCCc4ccccc4)c(C)c3c2=O)cc1Cl. The molecule has 0 fully saturated rings. The number of anilines is 1. The summed E-state index contributed by atoms with van der Waals surface area (Å²) < 4.78 is 11.8. The molecule has 1 amide bonds. The molecule has 186 valence electrons. The van der Waals surface area contributed by atoms with E-state index in [0.29, 0.717) is 43.5 Å². The monoisotopic (exact) mass is 525 g/mol. The van der Waals surface area contributed by atoms with E-state index in [4.69, 9.17) is 21.1 Å². The van der Waals surface area contributed by atoms with Crippen LogP contribution in [0.25, 0.3) is 10.2 Å². The van der Waals surface area contributed by atoms with E-state index < -0.39 is 23.5 Å². The zero-order valence-corrected chi connectivity index (χ0v) is 21.5. The van der Waals surface area contributed by atoms with Crippen molar-refractivity contribution in [2.75, 3.05) is 19.0 Å². The van der Waals surface area contributed by atoms with E-state index in [1.807, 2.05) is 30.3 Å². The van der Waals surface area contributed by atoms with Gasteiger partial charge in [0.05, 0.1) is 30.5 Å². The number of esters is 1. The van der Waals surface area contributed by atoms with Gasteiger partial charge < -0.3 is 14.8 Å². The number of nitrogens with zero attached hydrogens (tertiary/aromatic N) is 2. The highest BCUT2D eigenvalue weighted by molar-refractivity contribution is 7.20. The lowest BCUT2D eigenvalue weighted by atomic mass is 10.2. The third kappa shape index (κ3) is 5.27. The Morgan fingerprint density at radius 3 is 2.64 bits per heavy atom. The molecule has 0 saturated carbocycles. The van der Waals surface area contributed by atoms with Crippen LogP contribution in [0.5, 0.6) is 5.75 Å². The highest BCUT2D eigenvalue weighted by Gasteiger charge is 2.24. The molecule has 36 heavy (non-hydrogen) atoms. The van der Waals surface area contributed by atoms with Crippen molar-refractivity contribution in [1.29, 1.82) is 0 Å². The number of halogens is 1. The normalized spacial score (nSPS) is 11.8. The quantitative estimate of drug-likeness (QED) is 0.324. The van der Waals surface area contributed by atoms with Gasteiger partial charge in [-0.15, -0.1) is 11.3 Å². The smallest absolute Gasteiger partial charge is 0.348 e. The van der Waals surface area contributed by atoms with E-state index in [2.05, 4.69) is 10.3 Å². The number of benzene rings is 2. The average Bonchev–Trinajstić information content (AvgIpc) is 3.21. The number of aromatic nitrogens is 2. The fourth-order valence-electron chi connectivity index (χ4n) is 3.70. The highest BCUT2D eigenvalue weighted by atomic mass is 35.5. The van der Waals surface area contributed by atoms with Crippen LogP contribution in [0.15, 0.2) is 59.7 Å². The van der Waals surface area contributed by atoms with Crippen LogP contribution < -0.4 is 15.6 Å². The first-order valence-corrected chi connectivity index (χ1v) is 12.3. The lowest BCUT2D eigenvalue weighted by Crippen LogP contribution is -2.31. The van der Waals surface area contributed by atoms with Crippen LogP contribution in [0.4, 0.5) is 5.69 Å². The Morgan fingerprint density at radius 1 is 1.19 bits per heavy atom. The largest absolute Gasteiger partial charge is 0.495 e. The van der Waals surface area contributed by atoms with Gasteiger partial charge in [-0.3, -0.25) is 14.2 Å². The molecule has 0 saturated heterocycles. The van der Waals surface area contributed by atoms with Gasteiger partial charge in [0.2, 0.25) is 5.91 Å². The highest BCUT2D eigenvalue weighted by Crippen LogP contribution is 2.29. The van der Waals surface area contributed by atoms with E-state index in [-0.39, 0.29) is 6.61 Å². The van der Waals surface area contributed by atoms with Crippen molar-refractivity contribution in [2.45, 2.75) is 26.3 Å². The maximum atomic E-state index is 13.3. The van der Waals surface area contributed by atoms with Crippen LogP contribution >= 0.6 is 22.9 Å². The molecule has 1 N–H and O–H groups in total.